The van der Waals surface area contributed by atoms with Gasteiger partial charge in [-0.05, 0) is 5.19 Å². The highest BCUT2D eigenvalue weighted by atomic mass is 28.3. The summed E-state index contributed by atoms with van der Waals surface area (Å²) < 4.78 is 41.5. The highest BCUT2D eigenvalue weighted by Crippen LogP contribution is 2.22. The fraction of sp³-hybridized carbons (Fsp3) is 0.250. The van der Waals surface area contributed by atoms with Crippen LogP contribution in [-0.2, 0) is 4.12 Å². The Kier molecular flexibility index (Phi) is 3.90. The molecule has 78 valence electrons. The van der Waals surface area contributed by atoms with Crippen molar-refractivity contribution in [1.29, 1.82) is 0 Å². The lowest BCUT2D eigenvalue weighted by Crippen LogP contribution is -2.36. The van der Waals surface area contributed by atoms with Crippen molar-refractivity contribution in [2.45, 2.75) is 12.2 Å². The van der Waals surface area contributed by atoms with Crippen LogP contribution in [0.15, 0.2) is 30.3 Å². The van der Waals surface area contributed by atoms with Gasteiger partial charge < -0.3 is 4.12 Å². The minimum atomic E-state index is -4.11. The molecule has 0 N–H and O–H groups in total. The van der Waals surface area contributed by atoms with E-state index in [1.54, 1.807) is 30.3 Å². The maximum absolute atomic E-state index is 12.1. The molecule has 0 amide bonds. The molecule has 1 unspecified atom stereocenters. The minimum absolute atomic E-state index is 0.362. The molecule has 1 atom stereocenters. The molecule has 0 saturated heterocycles. The van der Waals surface area contributed by atoms with Crippen molar-refractivity contribution in [3.8, 4) is 0 Å². The summed E-state index contributed by atoms with van der Waals surface area (Å²) in [4.78, 5) is 0. The van der Waals surface area contributed by atoms with Crippen LogP contribution in [0.4, 0.5) is 13.2 Å². The third-order valence-corrected chi connectivity index (χ3v) is 6.11. The van der Waals surface area contributed by atoms with E-state index in [0.717, 1.165) is 5.19 Å². The van der Waals surface area contributed by atoms with Gasteiger partial charge in [0.1, 0.15) is 10.5 Å². The molecule has 0 bridgehead atoms. The van der Waals surface area contributed by atoms with E-state index in [1.165, 1.54) is 0 Å². The van der Waals surface area contributed by atoms with Gasteiger partial charge in [-0.25, -0.2) is 0 Å². The maximum Gasteiger partial charge on any atom is 0.389 e. The van der Waals surface area contributed by atoms with Gasteiger partial charge in [-0.3, -0.25) is 0 Å². The number of hydrogen-bond acceptors (Lipinski definition) is 1. The number of rotatable bonds is 3. The van der Waals surface area contributed by atoms with Crippen molar-refractivity contribution in [1.82, 2.24) is 0 Å². The van der Waals surface area contributed by atoms with E-state index in [4.69, 9.17) is 4.12 Å². The molecule has 0 aliphatic carbocycles. The van der Waals surface area contributed by atoms with E-state index >= 15 is 0 Å². The number of alkyl halides is 3. The highest BCUT2D eigenvalue weighted by Gasteiger charge is 2.33. The highest BCUT2D eigenvalue weighted by molar-refractivity contribution is 6.70. The largest absolute Gasteiger partial charge is 0.462 e. The average molecular weight is 236 g/mol. The number of benzene rings is 1. The van der Waals surface area contributed by atoms with Crippen molar-refractivity contribution >= 4 is 24.7 Å². The van der Waals surface area contributed by atoms with E-state index in [1.807, 2.05) is 0 Å². The predicted molar refractivity (Wildman–Crippen MR) is 55.1 cm³/mol. The Balaban J connectivity index is 2.73. The zero-order valence-corrected chi connectivity index (χ0v) is 10.9. The number of hydrogen-bond donors (Lipinski definition) is 0. The Labute approximate surface area is 85.2 Å². The first-order valence-electron chi connectivity index (χ1n) is 4.17. The first-order chi connectivity index (χ1) is 6.53. The summed E-state index contributed by atoms with van der Waals surface area (Å²) in [7, 11) is -1.90. The fourth-order valence-corrected chi connectivity index (χ4v) is 4.28. The van der Waals surface area contributed by atoms with Gasteiger partial charge in [0.2, 0.25) is 9.04 Å². The van der Waals surface area contributed by atoms with Gasteiger partial charge in [-0.1, -0.05) is 30.3 Å². The van der Waals surface area contributed by atoms with Crippen LogP contribution in [0.1, 0.15) is 0 Å². The Morgan fingerprint density at radius 3 is 2.21 bits per heavy atom. The normalized spacial score (nSPS) is 14.2. The molecule has 1 nitrogen and oxygen atoms in total. The van der Waals surface area contributed by atoms with Crippen LogP contribution >= 0.6 is 0 Å². The molecular formula is C8H11F3OSi2. The molecule has 1 rings (SSSR count). The van der Waals surface area contributed by atoms with Gasteiger partial charge in [0.15, 0.2) is 0 Å². The Morgan fingerprint density at radius 1 is 1.21 bits per heavy atom. The van der Waals surface area contributed by atoms with Gasteiger partial charge in [0, 0.05) is 0 Å². The van der Waals surface area contributed by atoms with E-state index in [-0.39, 0.29) is 0 Å². The molecule has 0 aliphatic rings. The fourth-order valence-electron chi connectivity index (χ4n) is 1.22. The van der Waals surface area contributed by atoms with Crippen LogP contribution in [0.2, 0.25) is 6.04 Å². The predicted octanol–water partition coefficient (Wildman–Crippen LogP) is 0.477. The molecule has 1 aromatic rings. The summed E-state index contributed by atoms with van der Waals surface area (Å²) in [6.07, 6.45) is -4.11. The molecule has 0 fully saturated rings. The van der Waals surface area contributed by atoms with Gasteiger partial charge in [-0.2, -0.15) is 13.2 Å². The van der Waals surface area contributed by atoms with Crippen molar-refractivity contribution in [2.24, 2.45) is 0 Å². The summed E-state index contributed by atoms with van der Waals surface area (Å²) in [5.41, 5.74) is 0. The smallest absolute Gasteiger partial charge is 0.389 e. The molecule has 6 heteroatoms. The first kappa shape index (κ1) is 11.5. The van der Waals surface area contributed by atoms with E-state index < -0.39 is 21.3 Å². The molecule has 0 aromatic heterocycles. The standard InChI is InChI=1S/C8H11F3OSi2/c9-8(10,11)6-14(12-13)7-4-2-1-3-5-7/h1-5,14H,6H2,13H3. The zero-order chi connectivity index (χ0) is 10.6. The van der Waals surface area contributed by atoms with Gasteiger partial charge in [-0.15, -0.1) is 0 Å². The molecule has 0 saturated carbocycles. The topological polar surface area (TPSA) is 9.23 Å². The van der Waals surface area contributed by atoms with Gasteiger partial charge in [0.25, 0.3) is 0 Å². The molecule has 0 heterocycles. The van der Waals surface area contributed by atoms with Gasteiger partial charge in [0.05, 0.1) is 6.04 Å². The monoisotopic (exact) mass is 236 g/mol. The number of halogens is 3. The summed E-state index contributed by atoms with van der Waals surface area (Å²) in [5.74, 6) is 0. The van der Waals surface area contributed by atoms with Crippen molar-refractivity contribution in [2.75, 3.05) is 0 Å². The Morgan fingerprint density at radius 2 is 1.79 bits per heavy atom. The second kappa shape index (κ2) is 4.76. The summed E-state index contributed by atoms with van der Waals surface area (Å²) in [6.45, 7) is 0. The van der Waals surface area contributed by atoms with Crippen molar-refractivity contribution < 1.29 is 17.3 Å². The maximum atomic E-state index is 12.1. The van der Waals surface area contributed by atoms with Crippen molar-refractivity contribution in [3.63, 3.8) is 0 Å². The molecule has 14 heavy (non-hydrogen) atoms. The molecular weight excluding hydrogens is 225 g/mol. The van der Waals surface area contributed by atoms with Crippen LogP contribution in [0, 0.1) is 0 Å². The quantitative estimate of drug-likeness (QED) is 0.694. The Bertz CT molecular complexity index is 276. The first-order valence-corrected chi connectivity index (χ1v) is 6.85. The second-order valence-corrected chi connectivity index (χ2v) is 6.89. The lowest BCUT2D eigenvalue weighted by atomic mass is 10.4. The second-order valence-electron chi connectivity index (χ2n) is 2.95. The van der Waals surface area contributed by atoms with E-state index in [2.05, 4.69) is 0 Å². The van der Waals surface area contributed by atoms with Crippen LogP contribution in [0.5, 0.6) is 0 Å². The third-order valence-electron chi connectivity index (χ3n) is 1.87. The van der Waals surface area contributed by atoms with Crippen LogP contribution in [0.3, 0.4) is 0 Å². The van der Waals surface area contributed by atoms with Crippen LogP contribution < -0.4 is 5.19 Å². The third kappa shape index (κ3) is 3.64. The lowest BCUT2D eigenvalue weighted by molar-refractivity contribution is -0.111. The van der Waals surface area contributed by atoms with E-state index in [9.17, 15) is 13.2 Å². The summed E-state index contributed by atoms with van der Waals surface area (Å²) in [6, 6.07) is 7.91. The van der Waals surface area contributed by atoms with Gasteiger partial charge >= 0.3 is 6.18 Å². The minimum Gasteiger partial charge on any atom is -0.462 e. The molecule has 0 radical (unpaired) electrons. The van der Waals surface area contributed by atoms with Crippen LogP contribution in [-0.4, -0.2) is 25.7 Å². The van der Waals surface area contributed by atoms with Crippen LogP contribution in [0.25, 0.3) is 0 Å². The van der Waals surface area contributed by atoms with E-state index in [0.29, 0.717) is 10.5 Å². The SMILES string of the molecule is FC(F)(F)C[SiH](O[SiH3])c1ccccc1. The summed E-state index contributed by atoms with van der Waals surface area (Å²) >= 11 is 0. The lowest BCUT2D eigenvalue weighted by Gasteiger charge is -2.15. The average Bonchev–Trinajstić information content (AvgIpc) is 2.14. The Hall–Kier alpha value is -0.596. The molecule has 0 spiro atoms. The molecule has 1 aromatic carbocycles. The summed E-state index contributed by atoms with van der Waals surface area (Å²) in [5, 5.41) is 0.722. The zero-order valence-electron chi connectivity index (χ0n) is 7.71. The van der Waals surface area contributed by atoms with Crippen molar-refractivity contribution in [3.05, 3.63) is 30.3 Å². The molecule has 0 aliphatic heterocycles.